The molecule has 0 bridgehead atoms. The van der Waals surface area contributed by atoms with E-state index in [-0.39, 0.29) is 0 Å². The Morgan fingerprint density at radius 2 is 1.64 bits per heavy atom. The number of aryl methyl sites for hydroxylation is 2. The third-order valence-corrected chi connectivity index (χ3v) is 6.23. The first-order valence-electron chi connectivity index (χ1n) is 8.48. The molecule has 0 saturated carbocycles. The van der Waals surface area contributed by atoms with Crippen LogP contribution in [0.1, 0.15) is 11.1 Å². The summed E-state index contributed by atoms with van der Waals surface area (Å²) in [5.41, 5.74) is 7.93. The molecule has 0 spiro atoms. The molecule has 2 heterocycles. The number of fused-ring (bicyclic) bond motifs is 2. The minimum absolute atomic E-state index is 1.24. The summed E-state index contributed by atoms with van der Waals surface area (Å²) in [5, 5.41) is 2.73. The summed E-state index contributed by atoms with van der Waals surface area (Å²) in [6.45, 7) is 4.44. The van der Waals surface area contributed by atoms with Gasteiger partial charge in [-0.15, -0.1) is 0 Å². The van der Waals surface area contributed by atoms with Crippen molar-refractivity contribution in [2.24, 2.45) is 0 Å². The van der Waals surface area contributed by atoms with E-state index in [2.05, 4.69) is 73.4 Å². The van der Waals surface area contributed by atoms with Gasteiger partial charge in [-0.05, 0) is 70.8 Å². The third-order valence-electron chi connectivity index (χ3n) is 5.12. The predicted molar refractivity (Wildman–Crippen MR) is 106 cm³/mol. The Morgan fingerprint density at radius 1 is 0.760 bits per heavy atom. The molecule has 0 N–H and O–H groups in total. The van der Waals surface area contributed by atoms with Crippen molar-refractivity contribution in [3.05, 3.63) is 78.1 Å². The van der Waals surface area contributed by atoms with Crippen molar-refractivity contribution in [2.45, 2.75) is 23.6 Å². The van der Waals surface area contributed by atoms with E-state index in [1.165, 1.54) is 53.9 Å². The third kappa shape index (κ3) is 2.14. The number of aromatic nitrogens is 1. The van der Waals surface area contributed by atoms with Crippen LogP contribution in [0.15, 0.2) is 76.8 Å². The fraction of sp³-hybridized carbons (Fsp3) is 0.0870. The normalized spacial score (nSPS) is 12.2. The average molecular weight is 339 g/mol. The summed E-state index contributed by atoms with van der Waals surface area (Å²) < 4.78 is 0. The first kappa shape index (κ1) is 14.7. The number of nitrogens with zero attached hydrogens (tertiary/aromatic N) is 1. The van der Waals surface area contributed by atoms with E-state index in [9.17, 15) is 0 Å². The van der Waals surface area contributed by atoms with Crippen LogP contribution >= 0.6 is 11.8 Å². The molecule has 1 aliphatic heterocycles. The molecule has 0 saturated heterocycles. The van der Waals surface area contributed by atoms with Crippen LogP contribution in [0.25, 0.3) is 33.0 Å². The Hall–Kier alpha value is -2.58. The molecule has 0 unspecified atom stereocenters. The van der Waals surface area contributed by atoms with Gasteiger partial charge in [0.2, 0.25) is 0 Å². The topological polar surface area (TPSA) is 12.9 Å². The van der Waals surface area contributed by atoms with Crippen molar-refractivity contribution in [3.63, 3.8) is 0 Å². The monoisotopic (exact) mass is 339 g/mol. The molecule has 0 atom stereocenters. The second-order valence-electron chi connectivity index (χ2n) is 6.56. The smallest absolute Gasteiger partial charge is 0.0413 e. The fourth-order valence-electron chi connectivity index (χ4n) is 3.85. The van der Waals surface area contributed by atoms with Gasteiger partial charge >= 0.3 is 0 Å². The molecule has 5 rings (SSSR count). The van der Waals surface area contributed by atoms with Crippen molar-refractivity contribution in [3.8, 4) is 22.3 Å². The Morgan fingerprint density at radius 3 is 2.52 bits per heavy atom. The second kappa shape index (κ2) is 5.47. The highest BCUT2D eigenvalue weighted by Crippen LogP contribution is 2.49. The Bertz CT molecular complexity index is 1140. The van der Waals surface area contributed by atoms with Crippen molar-refractivity contribution in [1.29, 1.82) is 0 Å². The molecule has 0 radical (unpaired) electrons. The van der Waals surface area contributed by atoms with Gasteiger partial charge in [0.25, 0.3) is 0 Å². The SMILES string of the molecule is Cc1ccccc1-c1cc2c3c(cccc3c1C)Sc1cnccc1-2. The average Bonchev–Trinajstić information content (AvgIpc) is 2.64. The zero-order valence-corrected chi connectivity index (χ0v) is 15.0. The lowest BCUT2D eigenvalue weighted by Gasteiger charge is -2.23. The Balaban J connectivity index is 1.94. The molecule has 25 heavy (non-hydrogen) atoms. The van der Waals surface area contributed by atoms with Gasteiger partial charge in [-0.2, -0.15) is 0 Å². The van der Waals surface area contributed by atoms with Crippen molar-refractivity contribution in [1.82, 2.24) is 4.98 Å². The highest BCUT2D eigenvalue weighted by molar-refractivity contribution is 7.99. The van der Waals surface area contributed by atoms with Crippen LogP contribution in [-0.2, 0) is 0 Å². The van der Waals surface area contributed by atoms with E-state index in [4.69, 9.17) is 0 Å². The summed E-state index contributed by atoms with van der Waals surface area (Å²) in [7, 11) is 0. The minimum Gasteiger partial charge on any atom is -0.264 e. The molecule has 3 aromatic carbocycles. The lowest BCUT2D eigenvalue weighted by atomic mass is 9.88. The highest BCUT2D eigenvalue weighted by Gasteiger charge is 2.22. The molecule has 1 nitrogen and oxygen atoms in total. The number of rotatable bonds is 1. The highest BCUT2D eigenvalue weighted by atomic mass is 32.2. The molecular weight excluding hydrogens is 322 g/mol. The quantitative estimate of drug-likeness (QED) is 0.339. The van der Waals surface area contributed by atoms with Crippen molar-refractivity contribution >= 4 is 22.5 Å². The zero-order chi connectivity index (χ0) is 17.0. The van der Waals surface area contributed by atoms with E-state index >= 15 is 0 Å². The lowest BCUT2D eigenvalue weighted by molar-refractivity contribution is 1.23. The summed E-state index contributed by atoms with van der Waals surface area (Å²) in [6.07, 6.45) is 3.88. The number of benzene rings is 3. The van der Waals surface area contributed by atoms with Crippen molar-refractivity contribution < 1.29 is 0 Å². The van der Waals surface area contributed by atoms with Crippen LogP contribution in [0.4, 0.5) is 0 Å². The van der Waals surface area contributed by atoms with Crippen LogP contribution in [0, 0.1) is 13.8 Å². The van der Waals surface area contributed by atoms with Crippen molar-refractivity contribution in [2.75, 3.05) is 0 Å². The fourth-order valence-corrected chi connectivity index (χ4v) is 4.95. The molecule has 1 aromatic heterocycles. The van der Waals surface area contributed by atoms with Crippen LogP contribution in [0.5, 0.6) is 0 Å². The van der Waals surface area contributed by atoms with Gasteiger partial charge in [0.1, 0.15) is 0 Å². The Kier molecular flexibility index (Phi) is 3.22. The van der Waals surface area contributed by atoms with Gasteiger partial charge in [0, 0.05) is 27.6 Å². The van der Waals surface area contributed by atoms with E-state index in [0.29, 0.717) is 0 Å². The van der Waals surface area contributed by atoms with Gasteiger partial charge in [-0.25, -0.2) is 0 Å². The second-order valence-corrected chi connectivity index (χ2v) is 7.65. The predicted octanol–water partition coefficient (Wildman–Crippen LogP) is 6.65. The van der Waals surface area contributed by atoms with Crippen LogP contribution in [0.2, 0.25) is 0 Å². The maximum atomic E-state index is 4.33. The van der Waals surface area contributed by atoms with Gasteiger partial charge in [-0.1, -0.05) is 48.2 Å². The molecule has 2 heteroatoms. The minimum atomic E-state index is 1.24. The molecular formula is C23H17NS. The van der Waals surface area contributed by atoms with E-state index in [1.54, 1.807) is 0 Å². The van der Waals surface area contributed by atoms with Gasteiger partial charge in [0.15, 0.2) is 0 Å². The van der Waals surface area contributed by atoms with Gasteiger partial charge in [-0.3, -0.25) is 4.98 Å². The van der Waals surface area contributed by atoms with Crippen LogP contribution in [-0.4, -0.2) is 4.98 Å². The summed E-state index contributed by atoms with van der Waals surface area (Å²) >= 11 is 1.83. The molecule has 0 aliphatic carbocycles. The lowest BCUT2D eigenvalue weighted by Crippen LogP contribution is -1.97. The molecule has 0 fully saturated rings. The van der Waals surface area contributed by atoms with E-state index in [1.807, 2.05) is 24.2 Å². The summed E-state index contributed by atoms with van der Waals surface area (Å²) in [6, 6.07) is 19.8. The maximum absolute atomic E-state index is 4.33. The molecule has 120 valence electrons. The van der Waals surface area contributed by atoms with E-state index < -0.39 is 0 Å². The Labute approximate surface area is 151 Å². The first-order valence-corrected chi connectivity index (χ1v) is 9.30. The maximum Gasteiger partial charge on any atom is 0.0413 e. The molecule has 0 amide bonds. The molecule has 1 aliphatic rings. The first-order chi connectivity index (χ1) is 12.2. The number of hydrogen-bond acceptors (Lipinski definition) is 2. The van der Waals surface area contributed by atoms with Gasteiger partial charge in [0.05, 0.1) is 0 Å². The van der Waals surface area contributed by atoms with Crippen LogP contribution in [0.3, 0.4) is 0 Å². The van der Waals surface area contributed by atoms with E-state index in [0.717, 1.165) is 0 Å². The summed E-state index contributed by atoms with van der Waals surface area (Å²) in [4.78, 5) is 6.89. The number of hydrogen-bond donors (Lipinski definition) is 0. The van der Waals surface area contributed by atoms with Gasteiger partial charge < -0.3 is 0 Å². The number of pyridine rings is 1. The van der Waals surface area contributed by atoms with Crippen LogP contribution < -0.4 is 0 Å². The summed E-state index contributed by atoms with van der Waals surface area (Å²) in [5.74, 6) is 0. The largest absolute Gasteiger partial charge is 0.264 e. The molecule has 4 aromatic rings. The zero-order valence-electron chi connectivity index (χ0n) is 14.2. The standard InChI is InChI=1S/C23H17NS/c1-14-6-3-4-7-16(14)19-12-20-18-10-11-24-13-22(18)25-21-9-5-8-17(15(19)2)23(20)21/h3-13H,1-2H3.